The van der Waals surface area contributed by atoms with Crippen LogP contribution < -0.4 is 0 Å². The Bertz CT molecular complexity index is 340. The lowest BCUT2D eigenvalue weighted by molar-refractivity contribution is -0.244. The van der Waals surface area contributed by atoms with Crippen LogP contribution in [0.15, 0.2) is 0 Å². The van der Waals surface area contributed by atoms with Crippen LogP contribution in [0.1, 0.15) is 0 Å². The first-order valence-corrected chi connectivity index (χ1v) is 5.55. The maximum absolute atomic E-state index is 10.2. The second-order valence-electron chi connectivity index (χ2n) is 3.31. The van der Waals surface area contributed by atoms with E-state index in [1.165, 1.54) is 0 Å². The average Bonchev–Trinajstić information content (AvgIpc) is 2.40. The molecule has 0 bridgehead atoms. The molecule has 1 aliphatic heterocycles. The van der Waals surface area contributed by atoms with Crippen LogP contribution in [-0.2, 0) is 19.3 Å². The molecule has 4 atom stereocenters. The summed E-state index contributed by atoms with van der Waals surface area (Å²) in [5.41, 5.74) is 0. The lowest BCUT2D eigenvalue weighted by atomic mass is 10.1. The van der Waals surface area contributed by atoms with E-state index in [4.69, 9.17) is 9.66 Å². The fraction of sp³-hybridized carbons (Fsp3) is 1.00. The van der Waals surface area contributed by atoms with E-state index >= 15 is 0 Å². The summed E-state index contributed by atoms with van der Waals surface area (Å²) in [5.74, 6) is -2.51. The van der Waals surface area contributed by atoms with Crippen LogP contribution in [0, 0.1) is 0 Å². The third-order valence-electron chi connectivity index (χ3n) is 2.12. The molecule has 0 aliphatic carbocycles. The molecule has 1 fully saturated rings. The molecule has 10 heteroatoms. The summed E-state index contributed by atoms with van der Waals surface area (Å²) in [4.78, 5) is 0. The SMILES string of the molecule is O=S(=O)(O)OCC1(O)OC(CO)C(O)C1O. The molecule has 0 aromatic carbocycles. The fourth-order valence-corrected chi connectivity index (χ4v) is 1.61. The lowest BCUT2D eigenvalue weighted by Gasteiger charge is -2.24. The van der Waals surface area contributed by atoms with E-state index < -0.39 is 47.7 Å². The van der Waals surface area contributed by atoms with Crippen molar-refractivity contribution >= 4 is 10.4 Å². The minimum absolute atomic E-state index is 0.688. The summed E-state index contributed by atoms with van der Waals surface area (Å²) in [5, 5.41) is 36.8. The van der Waals surface area contributed by atoms with Crippen LogP contribution in [0.3, 0.4) is 0 Å². The van der Waals surface area contributed by atoms with Gasteiger partial charge in [-0.25, -0.2) is 4.18 Å². The second kappa shape index (κ2) is 4.50. The topological polar surface area (TPSA) is 154 Å². The lowest BCUT2D eigenvalue weighted by Crippen LogP contribution is -2.47. The van der Waals surface area contributed by atoms with Gasteiger partial charge in [0.1, 0.15) is 24.9 Å². The quantitative estimate of drug-likeness (QED) is 0.325. The van der Waals surface area contributed by atoms with Gasteiger partial charge in [0.15, 0.2) is 0 Å². The molecule has 96 valence electrons. The van der Waals surface area contributed by atoms with Crippen molar-refractivity contribution in [2.45, 2.75) is 24.1 Å². The smallest absolute Gasteiger partial charge is 0.394 e. The molecular formula is C6H12O9S. The van der Waals surface area contributed by atoms with Gasteiger partial charge >= 0.3 is 10.4 Å². The maximum Gasteiger partial charge on any atom is 0.397 e. The second-order valence-corrected chi connectivity index (χ2v) is 4.40. The highest BCUT2D eigenvalue weighted by Crippen LogP contribution is 2.29. The van der Waals surface area contributed by atoms with E-state index in [2.05, 4.69) is 8.92 Å². The number of rotatable bonds is 4. The molecule has 0 aromatic heterocycles. The van der Waals surface area contributed by atoms with Gasteiger partial charge in [0.05, 0.1) is 6.61 Å². The van der Waals surface area contributed by atoms with Crippen LogP contribution >= 0.6 is 0 Å². The summed E-state index contributed by atoms with van der Waals surface area (Å²) in [6, 6.07) is 0. The summed E-state index contributed by atoms with van der Waals surface area (Å²) >= 11 is 0. The first-order valence-electron chi connectivity index (χ1n) is 4.18. The summed E-state index contributed by atoms with van der Waals surface area (Å²) < 4.78 is 37.2. The molecule has 1 rings (SSSR count). The van der Waals surface area contributed by atoms with Gasteiger partial charge in [0, 0.05) is 0 Å². The monoisotopic (exact) mass is 260 g/mol. The van der Waals surface area contributed by atoms with Crippen molar-refractivity contribution in [3.05, 3.63) is 0 Å². The molecule has 1 saturated heterocycles. The van der Waals surface area contributed by atoms with E-state index in [0.717, 1.165) is 0 Å². The van der Waals surface area contributed by atoms with E-state index in [-0.39, 0.29) is 0 Å². The van der Waals surface area contributed by atoms with Crippen molar-refractivity contribution in [3.63, 3.8) is 0 Å². The largest absolute Gasteiger partial charge is 0.397 e. The Balaban J connectivity index is 2.71. The summed E-state index contributed by atoms with van der Waals surface area (Å²) in [6.07, 6.45) is -4.74. The van der Waals surface area contributed by atoms with Crippen molar-refractivity contribution < 1.29 is 42.3 Å². The van der Waals surface area contributed by atoms with E-state index in [0.29, 0.717) is 0 Å². The minimum atomic E-state index is -4.81. The Labute approximate surface area is 90.8 Å². The molecule has 9 nitrogen and oxygen atoms in total. The van der Waals surface area contributed by atoms with Crippen LogP contribution in [0.2, 0.25) is 0 Å². The third kappa shape index (κ3) is 2.87. The van der Waals surface area contributed by atoms with Gasteiger partial charge in [-0.05, 0) is 0 Å². The first kappa shape index (κ1) is 13.7. The van der Waals surface area contributed by atoms with Crippen LogP contribution in [0.5, 0.6) is 0 Å². The molecule has 1 heterocycles. The standard InChI is InChI=1S/C6H12O9S/c7-1-3-4(8)5(9)6(10,15-3)2-14-16(11,12)13/h3-5,7-10H,1-2H2,(H,11,12,13). The first-order chi connectivity index (χ1) is 7.19. The van der Waals surface area contributed by atoms with Crippen LogP contribution in [-0.4, -0.2) is 70.7 Å². The van der Waals surface area contributed by atoms with Crippen LogP contribution in [0.4, 0.5) is 0 Å². The highest BCUT2D eigenvalue weighted by molar-refractivity contribution is 7.80. The number of hydrogen-bond acceptors (Lipinski definition) is 8. The highest BCUT2D eigenvalue weighted by atomic mass is 32.3. The van der Waals surface area contributed by atoms with E-state index in [9.17, 15) is 23.7 Å². The van der Waals surface area contributed by atoms with Gasteiger partial charge in [-0.15, -0.1) is 0 Å². The Morgan fingerprint density at radius 2 is 1.94 bits per heavy atom. The minimum Gasteiger partial charge on any atom is -0.394 e. The zero-order valence-corrected chi connectivity index (χ0v) is 8.74. The van der Waals surface area contributed by atoms with Crippen molar-refractivity contribution in [1.29, 1.82) is 0 Å². The number of ether oxygens (including phenoxy) is 1. The zero-order chi connectivity index (χ0) is 12.6. The maximum atomic E-state index is 10.2. The predicted octanol–water partition coefficient (Wildman–Crippen LogP) is -3.39. The van der Waals surface area contributed by atoms with E-state index in [1.807, 2.05) is 0 Å². The Morgan fingerprint density at radius 1 is 1.38 bits per heavy atom. The van der Waals surface area contributed by atoms with Crippen molar-refractivity contribution in [1.82, 2.24) is 0 Å². The molecule has 5 N–H and O–H groups in total. The van der Waals surface area contributed by atoms with Gasteiger partial charge in [0.2, 0.25) is 5.79 Å². The van der Waals surface area contributed by atoms with Gasteiger partial charge in [0.25, 0.3) is 0 Å². The molecule has 4 unspecified atom stereocenters. The molecule has 0 amide bonds. The molecule has 1 aliphatic rings. The normalized spacial score (nSPS) is 40.2. The predicted molar refractivity (Wildman–Crippen MR) is 46.4 cm³/mol. The van der Waals surface area contributed by atoms with Crippen molar-refractivity contribution in [2.24, 2.45) is 0 Å². The molecular weight excluding hydrogens is 248 g/mol. The molecule has 0 aromatic rings. The molecule has 16 heavy (non-hydrogen) atoms. The van der Waals surface area contributed by atoms with Gasteiger partial charge in [-0.2, -0.15) is 8.42 Å². The molecule has 0 radical (unpaired) electrons. The summed E-state index contributed by atoms with van der Waals surface area (Å²) in [7, 11) is -4.81. The number of aliphatic hydroxyl groups excluding tert-OH is 3. The average molecular weight is 260 g/mol. The van der Waals surface area contributed by atoms with Crippen LogP contribution in [0.25, 0.3) is 0 Å². The summed E-state index contributed by atoms with van der Waals surface area (Å²) in [6.45, 7) is -1.80. The van der Waals surface area contributed by atoms with E-state index in [1.54, 1.807) is 0 Å². The highest BCUT2D eigenvalue weighted by Gasteiger charge is 2.53. The van der Waals surface area contributed by atoms with Gasteiger partial charge in [-0.1, -0.05) is 0 Å². The third-order valence-corrected chi connectivity index (χ3v) is 2.53. The number of hydrogen-bond donors (Lipinski definition) is 5. The van der Waals surface area contributed by atoms with Gasteiger partial charge < -0.3 is 25.2 Å². The fourth-order valence-electron chi connectivity index (χ4n) is 1.30. The molecule has 0 spiro atoms. The molecule has 0 saturated carbocycles. The Morgan fingerprint density at radius 3 is 2.31 bits per heavy atom. The Kier molecular flexibility index (Phi) is 3.87. The van der Waals surface area contributed by atoms with Crippen molar-refractivity contribution in [3.8, 4) is 0 Å². The van der Waals surface area contributed by atoms with Gasteiger partial charge in [-0.3, -0.25) is 4.55 Å². The number of aliphatic hydroxyl groups is 4. The van der Waals surface area contributed by atoms with Crippen molar-refractivity contribution in [2.75, 3.05) is 13.2 Å². The Hall–Kier alpha value is -0.330. The zero-order valence-electron chi connectivity index (χ0n) is 7.92.